The molecule has 5 heteroatoms. The molecule has 0 saturated heterocycles. The molecule has 1 atom stereocenters. The second-order valence-electron chi connectivity index (χ2n) is 3.80. The molecule has 1 aliphatic rings. The van der Waals surface area contributed by atoms with Crippen molar-refractivity contribution >= 4 is 18.1 Å². The van der Waals surface area contributed by atoms with Crippen molar-refractivity contribution in [2.24, 2.45) is 11.7 Å². The van der Waals surface area contributed by atoms with E-state index in [9.17, 15) is 9.50 Å². The van der Waals surface area contributed by atoms with Gasteiger partial charge in [0, 0.05) is 17.7 Å². The summed E-state index contributed by atoms with van der Waals surface area (Å²) in [5.74, 6) is -0.167. The van der Waals surface area contributed by atoms with Crippen LogP contribution in [0, 0.1) is 11.7 Å². The number of phenolic OH excluding ortho intramolecular Hbond substituents is 1. The Morgan fingerprint density at radius 3 is 2.53 bits per heavy atom. The lowest BCUT2D eigenvalue weighted by molar-refractivity contribution is 0.455. The first kappa shape index (κ1) is 12.1. The third-order valence-electron chi connectivity index (χ3n) is 2.62. The van der Waals surface area contributed by atoms with E-state index < -0.39 is 5.82 Å². The molecule has 1 fully saturated rings. The van der Waals surface area contributed by atoms with Gasteiger partial charge < -0.3 is 16.6 Å². The van der Waals surface area contributed by atoms with E-state index in [1.165, 1.54) is 6.07 Å². The maximum atomic E-state index is 13.0. The van der Waals surface area contributed by atoms with Crippen LogP contribution < -0.4 is 11.5 Å². The predicted octanol–water partition coefficient (Wildman–Crippen LogP) is 1.95. The maximum absolute atomic E-state index is 13.0. The predicted molar refractivity (Wildman–Crippen MR) is 59.4 cm³/mol. The summed E-state index contributed by atoms with van der Waals surface area (Å²) in [5, 5.41) is 9.60. The van der Waals surface area contributed by atoms with Gasteiger partial charge in [0.25, 0.3) is 0 Å². The lowest BCUT2D eigenvalue weighted by Gasteiger charge is -2.13. The average molecular weight is 233 g/mol. The topological polar surface area (TPSA) is 72.3 Å². The number of nitrogen functional groups attached to an aromatic ring is 1. The number of benzene rings is 1. The minimum Gasteiger partial charge on any atom is -0.505 e. The highest BCUT2D eigenvalue weighted by Gasteiger charge is 2.31. The van der Waals surface area contributed by atoms with Gasteiger partial charge in [0.1, 0.15) is 11.6 Å². The third kappa shape index (κ3) is 2.33. The Morgan fingerprint density at radius 2 is 2.00 bits per heavy atom. The van der Waals surface area contributed by atoms with Crippen molar-refractivity contribution < 1.29 is 9.50 Å². The summed E-state index contributed by atoms with van der Waals surface area (Å²) < 4.78 is 13.0. The Kier molecular flexibility index (Phi) is 3.42. The van der Waals surface area contributed by atoms with Crippen molar-refractivity contribution in [3.63, 3.8) is 0 Å². The number of phenols is 1. The fraction of sp³-hybridized carbons (Fsp3) is 0.400. The average Bonchev–Trinajstić information content (AvgIpc) is 2.93. The SMILES string of the molecule is Cl.Nc1cc(F)cc([C@H](N)C2CC2)c1O. The number of anilines is 1. The monoisotopic (exact) mass is 232 g/mol. The minimum atomic E-state index is -0.452. The highest BCUT2D eigenvalue weighted by Crippen LogP contribution is 2.43. The molecule has 0 amide bonds. The van der Waals surface area contributed by atoms with Crippen LogP contribution in [-0.2, 0) is 0 Å². The third-order valence-corrected chi connectivity index (χ3v) is 2.62. The minimum absolute atomic E-state index is 0. The smallest absolute Gasteiger partial charge is 0.143 e. The molecule has 5 N–H and O–H groups in total. The molecule has 0 aliphatic heterocycles. The molecule has 1 aromatic rings. The Balaban J connectivity index is 0.00000112. The van der Waals surface area contributed by atoms with Crippen LogP contribution >= 0.6 is 12.4 Å². The van der Waals surface area contributed by atoms with Crippen molar-refractivity contribution in [2.45, 2.75) is 18.9 Å². The van der Waals surface area contributed by atoms with Crippen LogP contribution in [0.25, 0.3) is 0 Å². The maximum Gasteiger partial charge on any atom is 0.143 e. The second kappa shape index (κ2) is 4.24. The van der Waals surface area contributed by atoms with E-state index in [2.05, 4.69) is 0 Å². The molecular formula is C10H14ClFN2O. The summed E-state index contributed by atoms with van der Waals surface area (Å²) in [4.78, 5) is 0. The molecular weight excluding hydrogens is 219 g/mol. The summed E-state index contributed by atoms with van der Waals surface area (Å²) >= 11 is 0. The quantitative estimate of drug-likeness (QED) is 0.539. The van der Waals surface area contributed by atoms with Gasteiger partial charge >= 0.3 is 0 Å². The van der Waals surface area contributed by atoms with Gasteiger partial charge in [0.05, 0.1) is 5.69 Å². The molecule has 0 spiro atoms. The van der Waals surface area contributed by atoms with E-state index in [0.29, 0.717) is 11.5 Å². The molecule has 1 aliphatic carbocycles. The first-order chi connectivity index (χ1) is 6.59. The van der Waals surface area contributed by atoms with Crippen LogP contribution in [0.4, 0.5) is 10.1 Å². The molecule has 0 radical (unpaired) electrons. The zero-order valence-corrected chi connectivity index (χ0v) is 8.93. The van der Waals surface area contributed by atoms with Crippen LogP contribution in [0.3, 0.4) is 0 Å². The molecule has 0 heterocycles. The molecule has 84 valence electrons. The van der Waals surface area contributed by atoms with Crippen LogP contribution in [0.5, 0.6) is 5.75 Å². The number of halogens is 2. The van der Waals surface area contributed by atoms with Gasteiger partial charge in [-0.15, -0.1) is 12.4 Å². The van der Waals surface area contributed by atoms with Crippen molar-refractivity contribution in [1.82, 2.24) is 0 Å². The summed E-state index contributed by atoms with van der Waals surface area (Å²) in [7, 11) is 0. The van der Waals surface area contributed by atoms with Crippen molar-refractivity contribution in [2.75, 3.05) is 5.73 Å². The van der Waals surface area contributed by atoms with Gasteiger partial charge in [-0.3, -0.25) is 0 Å². The van der Waals surface area contributed by atoms with E-state index >= 15 is 0 Å². The molecule has 0 aromatic heterocycles. The lowest BCUT2D eigenvalue weighted by Crippen LogP contribution is -2.13. The van der Waals surface area contributed by atoms with Gasteiger partial charge in [0.15, 0.2) is 0 Å². The molecule has 1 aromatic carbocycles. The normalized spacial score (nSPS) is 16.9. The first-order valence-corrected chi connectivity index (χ1v) is 4.63. The second-order valence-corrected chi connectivity index (χ2v) is 3.80. The summed E-state index contributed by atoms with van der Waals surface area (Å²) in [5.41, 5.74) is 11.8. The van der Waals surface area contributed by atoms with Crippen LogP contribution in [-0.4, -0.2) is 5.11 Å². The van der Waals surface area contributed by atoms with Crippen LogP contribution in [0.2, 0.25) is 0 Å². The van der Waals surface area contributed by atoms with E-state index in [-0.39, 0.29) is 29.9 Å². The number of nitrogens with two attached hydrogens (primary N) is 2. The number of rotatable bonds is 2. The Morgan fingerprint density at radius 1 is 1.40 bits per heavy atom. The van der Waals surface area contributed by atoms with Gasteiger partial charge in [-0.25, -0.2) is 4.39 Å². The zero-order chi connectivity index (χ0) is 10.3. The van der Waals surface area contributed by atoms with Crippen molar-refractivity contribution in [3.05, 3.63) is 23.5 Å². The number of aromatic hydroxyl groups is 1. The number of hydrogen-bond acceptors (Lipinski definition) is 3. The van der Waals surface area contributed by atoms with E-state index in [0.717, 1.165) is 18.9 Å². The molecule has 3 nitrogen and oxygen atoms in total. The Labute approximate surface area is 93.7 Å². The summed E-state index contributed by atoms with van der Waals surface area (Å²) in [6.07, 6.45) is 2.08. The van der Waals surface area contributed by atoms with Gasteiger partial charge in [-0.2, -0.15) is 0 Å². The number of hydrogen-bond donors (Lipinski definition) is 3. The highest BCUT2D eigenvalue weighted by atomic mass is 35.5. The van der Waals surface area contributed by atoms with Gasteiger partial charge in [0.2, 0.25) is 0 Å². The van der Waals surface area contributed by atoms with Gasteiger partial charge in [-0.05, 0) is 24.8 Å². The molecule has 0 unspecified atom stereocenters. The van der Waals surface area contributed by atoms with Crippen LogP contribution in [0.1, 0.15) is 24.4 Å². The summed E-state index contributed by atoms with van der Waals surface area (Å²) in [6, 6.07) is 2.06. The van der Waals surface area contributed by atoms with E-state index in [4.69, 9.17) is 11.5 Å². The first-order valence-electron chi connectivity index (χ1n) is 4.63. The fourth-order valence-electron chi connectivity index (χ4n) is 1.61. The largest absolute Gasteiger partial charge is 0.505 e. The standard InChI is InChI=1S/C10H13FN2O.ClH/c11-6-3-7(9(13)5-1-2-5)10(14)8(12)4-6;/h3-5,9,14H,1-2,12-13H2;1H/t9-;/m1./s1. The lowest BCUT2D eigenvalue weighted by atomic mass is 10.0. The van der Waals surface area contributed by atoms with Crippen molar-refractivity contribution in [3.8, 4) is 5.75 Å². The fourth-order valence-corrected chi connectivity index (χ4v) is 1.61. The van der Waals surface area contributed by atoms with E-state index in [1.807, 2.05) is 0 Å². The van der Waals surface area contributed by atoms with E-state index in [1.54, 1.807) is 0 Å². The molecule has 2 rings (SSSR count). The molecule has 1 saturated carbocycles. The Hall–Kier alpha value is -1.00. The van der Waals surface area contributed by atoms with Crippen LogP contribution in [0.15, 0.2) is 12.1 Å². The van der Waals surface area contributed by atoms with Gasteiger partial charge in [-0.1, -0.05) is 0 Å². The molecule has 0 bridgehead atoms. The highest BCUT2D eigenvalue weighted by molar-refractivity contribution is 5.85. The zero-order valence-electron chi connectivity index (χ0n) is 8.11. The Bertz CT molecular complexity index is 369. The van der Waals surface area contributed by atoms with Crippen molar-refractivity contribution in [1.29, 1.82) is 0 Å². The molecule has 15 heavy (non-hydrogen) atoms. The summed E-state index contributed by atoms with van der Waals surface area (Å²) in [6.45, 7) is 0.